The summed E-state index contributed by atoms with van der Waals surface area (Å²) in [6.07, 6.45) is 4.60. The van der Waals surface area contributed by atoms with E-state index in [0.29, 0.717) is 11.5 Å². The van der Waals surface area contributed by atoms with Crippen molar-refractivity contribution in [2.24, 2.45) is 0 Å². The minimum Gasteiger partial charge on any atom is -0.508 e. The number of aliphatic hydroxyl groups excluding tert-OH is 1. The Labute approximate surface area is 146 Å². The SMILES string of the molecule is COc1ccc(C2=C3C=CC(O)C=C3Oc3cc(O)ccc32)c(C)c1. The summed E-state index contributed by atoms with van der Waals surface area (Å²) in [5, 5.41) is 19.7. The average Bonchev–Trinajstić information content (AvgIpc) is 2.59. The van der Waals surface area contributed by atoms with Gasteiger partial charge in [-0.05, 0) is 48.4 Å². The van der Waals surface area contributed by atoms with Crippen molar-refractivity contribution in [2.75, 3.05) is 7.11 Å². The smallest absolute Gasteiger partial charge is 0.138 e. The van der Waals surface area contributed by atoms with Gasteiger partial charge in [-0.3, -0.25) is 0 Å². The van der Waals surface area contributed by atoms with Crippen molar-refractivity contribution < 1.29 is 19.7 Å². The molecule has 1 aliphatic carbocycles. The highest BCUT2D eigenvalue weighted by molar-refractivity contribution is 5.91. The number of hydrogen-bond donors (Lipinski definition) is 2. The largest absolute Gasteiger partial charge is 0.508 e. The molecule has 4 nitrogen and oxygen atoms in total. The zero-order valence-corrected chi connectivity index (χ0v) is 14.0. The monoisotopic (exact) mass is 334 g/mol. The van der Waals surface area contributed by atoms with Gasteiger partial charge < -0.3 is 19.7 Å². The molecule has 2 aromatic carbocycles. The summed E-state index contributed by atoms with van der Waals surface area (Å²) < 4.78 is 11.2. The fourth-order valence-electron chi connectivity index (χ4n) is 3.27. The van der Waals surface area contributed by atoms with Crippen molar-refractivity contribution in [3.05, 3.63) is 82.6 Å². The van der Waals surface area contributed by atoms with E-state index in [0.717, 1.165) is 33.6 Å². The van der Waals surface area contributed by atoms with Crippen molar-refractivity contribution >= 4 is 5.57 Å². The lowest BCUT2D eigenvalue weighted by Crippen LogP contribution is -2.15. The number of fused-ring (bicyclic) bond motifs is 2. The molecule has 25 heavy (non-hydrogen) atoms. The first kappa shape index (κ1) is 15.5. The third kappa shape index (κ3) is 2.61. The number of aliphatic hydroxyl groups is 1. The molecule has 0 amide bonds. The van der Waals surface area contributed by atoms with E-state index in [1.54, 1.807) is 31.4 Å². The summed E-state index contributed by atoms with van der Waals surface area (Å²) in [5.41, 5.74) is 4.95. The third-order valence-electron chi connectivity index (χ3n) is 4.47. The Morgan fingerprint density at radius 1 is 1.08 bits per heavy atom. The molecule has 0 spiro atoms. The molecule has 0 saturated heterocycles. The van der Waals surface area contributed by atoms with Crippen LogP contribution in [0.2, 0.25) is 0 Å². The Morgan fingerprint density at radius 3 is 2.64 bits per heavy atom. The molecule has 2 aliphatic rings. The average molecular weight is 334 g/mol. The van der Waals surface area contributed by atoms with Gasteiger partial charge in [0, 0.05) is 22.8 Å². The van der Waals surface area contributed by atoms with Crippen LogP contribution in [-0.4, -0.2) is 23.4 Å². The van der Waals surface area contributed by atoms with E-state index in [-0.39, 0.29) is 5.75 Å². The summed E-state index contributed by atoms with van der Waals surface area (Å²) in [6, 6.07) is 11.0. The summed E-state index contributed by atoms with van der Waals surface area (Å²) >= 11 is 0. The molecule has 4 heteroatoms. The lowest BCUT2D eigenvalue weighted by atomic mass is 9.85. The number of phenolic OH excluding ortho intramolecular Hbond substituents is 1. The quantitative estimate of drug-likeness (QED) is 0.879. The Kier molecular flexibility index (Phi) is 3.62. The van der Waals surface area contributed by atoms with Crippen LogP contribution in [0.15, 0.2) is 66.0 Å². The molecule has 0 aromatic heterocycles. The first-order chi connectivity index (χ1) is 12.1. The number of rotatable bonds is 2. The number of phenols is 1. The van der Waals surface area contributed by atoms with Crippen LogP contribution < -0.4 is 9.47 Å². The van der Waals surface area contributed by atoms with Crippen LogP contribution in [0, 0.1) is 6.92 Å². The van der Waals surface area contributed by atoms with E-state index in [1.807, 2.05) is 37.3 Å². The van der Waals surface area contributed by atoms with Crippen LogP contribution in [0.1, 0.15) is 16.7 Å². The second-order valence-electron chi connectivity index (χ2n) is 6.13. The fourth-order valence-corrected chi connectivity index (χ4v) is 3.27. The zero-order valence-electron chi connectivity index (χ0n) is 14.0. The molecule has 1 atom stereocenters. The molecule has 1 aliphatic heterocycles. The molecular weight excluding hydrogens is 316 g/mol. The third-order valence-corrected chi connectivity index (χ3v) is 4.47. The van der Waals surface area contributed by atoms with Crippen molar-refractivity contribution in [2.45, 2.75) is 13.0 Å². The highest BCUT2D eigenvalue weighted by Gasteiger charge is 2.27. The highest BCUT2D eigenvalue weighted by atomic mass is 16.5. The molecule has 4 rings (SSSR count). The number of methoxy groups -OCH3 is 1. The van der Waals surface area contributed by atoms with Gasteiger partial charge in [0.15, 0.2) is 0 Å². The number of benzene rings is 2. The van der Waals surface area contributed by atoms with Crippen LogP contribution in [0.4, 0.5) is 0 Å². The maximum absolute atomic E-state index is 9.90. The van der Waals surface area contributed by atoms with Gasteiger partial charge in [0.1, 0.15) is 23.0 Å². The van der Waals surface area contributed by atoms with Gasteiger partial charge in [-0.1, -0.05) is 18.2 Å². The summed E-state index contributed by atoms with van der Waals surface area (Å²) in [5.74, 6) is 2.11. The van der Waals surface area contributed by atoms with Crippen LogP contribution in [0.3, 0.4) is 0 Å². The number of hydrogen-bond acceptors (Lipinski definition) is 4. The Bertz CT molecular complexity index is 950. The zero-order chi connectivity index (χ0) is 17.6. The molecular formula is C21H18O4. The van der Waals surface area contributed by atoms with E-state index in [9.17, 15) is 10.2 Å². The maximum Gasteiger partial charge on any atom is 0.138 e. The first-order valence-corrected chi connectivity index (χ1v) is 8.06. The van der Waals surface area contributed by atoms with E-state index < -0.39 is 6.10 Å². The Balaban J connectivity index is 1.99. The molecule has 0 saturated carbocycles. The van der Waals surface area contributed by atoms with E-state index in [4.69, 9.17) is 9.47 Å². The molecule has 1 heterocycles. The van der Waals surface area contributed by atoms with Gasteiger partial charge in [-0.15, -0.1) is 0 Å². The predicted molar refractivity (Wildman–Crippen MR) is 95.7 cm³/mol. The number of aryl methyl sites for hydroxylation is 1. The Hall–Kier alpha value is -2.98. The minimum atomic E-state index is -0.684. The molecule has 0 bridgehead atoms. The van der Waals surface area contributed by atoms with Crippen LogP contribution >= 0.6 is 0 Å². The second-order valence-corrected chi connectivity index (χ2v) is 6.13. The van der Waals surface area contributed by atoms with Gasteiger partial charge in [-0.2, -0.15) is 0 Å². The molecule has 1 unspecified atom stereocenters. The standard InChI is InChI=1S/C21H18O4/c1-12-9-15(24-2)5-8-16(12)21-17-6-3-13(22)10-19(17)25-20-11-14(23)4-7-18(20)21/h3-11,13,22-23H,1-2H3. The van der Waals surface area contributed by atoms with Crippen molar-refractivity contribution in [1.82, 2.24) is 0 Å². The highest BCUT2D eigenvalue weighted by Crippen LogP contribution is 2.45. The molecule has 2 N–H and O–H groups in total. The van der Waals surface area contributed by atoms with E-state index in [1.165, 1.54) is 0 Å². The maximum atomic E-state index is 9.90. The molecule has 0 fully saturated rings. The summed E-state index contributed by atoms with van der Waals surface area (Å²) in [4.78, 5) is 0. The van der Waals surface area contributed by atoms with E-state index in [2.05, 4.69) is 0 Å². The van der Waals surface area contributed by atoms with Gasteiger partial charge in [0.25, 0.3) is 0 Å². The summed E-state index contributed by atoms with van der Waals surface area (Å²) in [7, 11) is 1.65. The minimum absolute atomic E-state index is 0.139. The topological polar surface area (TPSA) is 58.9 Å². The van der Waals surface area contributed by atoms with Gasteiger partial charge in [-0.25, -0.2) is 0 Å². The fraction of sp³-hybridized carbons (Fsp3) is 0.143. The lowest BCUT2D eigenvalue weighted by molar-refractivity contribution is 0.263. The van der Waals surface area contributed by atoms with Crippen molar-refractivity contribution in [1.29, 1.82) is 0 Å². The van der Waals surface area contributed by atoms with Gasteiger partial charge in [0.2, 0.25) is 0 Å². The first-order valence-electron chi connectivity index (χ1n) is 8.06. The Morgan fingerprint density at radius 2 is 1.88 bits per heavy atom. The van der Waals surface area contributed by atoms with Crippen LogP contribution in [0.5, 0.6) is 17.2 Å². The second kappa shape index (κ2) is 5.83. The normalized spacial score (nSPS) is 18.2. The van der Waals surface area contributed by atoms with Gasteiger partial charge in [0.05, 0.1) is 13.2 Å². The van der Waals surface area contributed by atoms with Crippen molar-refractivity contribution in [3.8, 4) is 17.2 Å². The summed E-state index contributed by atoms with van der Waals surface area (Å²) in [6.45, 7) is 2.03. The molecule has 0 radical (unpaired) electrons. The number of allylic oxidation sites excluding steroid dienone is 1. The molecule has 2 aromatic rings. The predicted octanol–water partition coefficient (Wildman–Crippen LogP) is 3.72. The van der Waals surface area contributed by atoms with Crippen LogP contribution in [0.25, 0.3) is 5.57 Å². The van der Waals surface area contributed by atoms with Gasteiger partial charge >= 0.3 is 0 Å². The molecule has 126 valence electrons. The lowest BCUT2D eigenvalue weighted by Gasteiger charge is -2.28. The number of ether oxygens (including phenoxy) is 2. The van der Waals surface area contributed by atoms with E-state index >= 15 is 0 Å². The van der Waals surface area contributed by atoms with Crippen LogP contribution in [-0.2, 0) is 0 Å². The van der Waals surface area contributed by atoms with Crippen molar-refractivity contribution in [3.63, 3.8) is 0 Å². The number of aromatic hydroxyl groups is 1.